The Kier molecular flexibility index (Phi) is 8.73. The minimum Gasteiger partial charge on any atom is -0.466 e. The van der Waals surface area contributed by atoms with E-state index in [0.29, 0.717) is 19.4 Å². The second kappa shape index (κ2) is 10.6. The Bertz CT molecular complexity index is 507. The molecule has 0 bridgehead atoms. The van der Waals surface area contributed by atoms with Gasteiger partial charge in [-0.1, -0.05) is 50.6 Å². The number of rotatable bonds is 9. The number of ether oxygens (including phenoxy) is 2. The van der Waals surface area contributed by atoms with Crippen LogP contribution in [0.1, 0.15) is 45.6 Å². The van der Waals surface area contributed by atoms with Crippen LogP contribution in [-0.2, 0) is 19.1 Å². The van der Waals surface area contributed by atoms with Crippen molar-refractivity contribution in [2.24, 2.45) is 5.92 Å². The summed E-state index contributed by atoms with van der Waals surface area (Å²) in [6.45, 7) is 6.00. The molecule has 126 valence electrons. The first kappa shape index (κ1) is 18.9. The van der Waals surface area contributed by atoms with Gasteiger partial charge in [-0.2, -0.15) is 0 Å². The van der Waals surface area contributed by atoms with Gasteiger partial charge in [-0.05, 0) is 31.4 Å². The summed E-state index contributed by atoms with van der Waals surface area (Å²) in [6.07, 6.45) is 4.71. The third-order valence-electron chi connectivity index (χ3n) is 3.53. The van der Waals surface area contributed by atoms with E-state index in [1.165, 1.54) is 6.08 Å². The molecule has 0 heterocycles. The van der Waals surface area contributed by atoms with Crippen LogP contribution in [0.5, 0.6) is 0 Å². The van der Waals surface area contributed by atoms with Gasteiger partial charge in [0.15, 0.2) is 0 Å². The third-order valence-corrected chi connectivity index (χ3v) is 3.53. The van der Waals surface area contributed by atoms with E-state index >= 15 is 0 Å². The molecule has 0 spiro atoms. The zero-order valence-electron chi connectivity index (χ0n) is 14.2. The van der Waals surface area contributed by atoms with Gasteiger partial charge >= 0.3 is 11.9 Å². The Morgan fingerprint density at radius 2 is 1.83 bits per heavy atom. The van der Waals surface area contributed by atoms with E-state index < -0.39 is 18.0 Å². The van der Waals surface area contributed by atoms with E-state index in [2.05, 4.69) is 0 Å². The minimum atomic E-state index is -0.447. The van der Waals surface area contributed by atoms with Crippen molar-refractivity contribution in [1.82, 2.24) is 0 Å². The van der Waals surface area contributed by atoms with E-state index in [1.54, 1.807) is 13.0 Å². The zero-order valence-corrected chi connectivity index (χ0v) is 14.2. The molecule has 23 heavy (non-hydrogen) atoms. The van der Waals surface area contributed by atoms with Crippen LogP contribution >= 0.6 is 0 Å². The van der Waals surface area contributed by atoms with Crippen LogP contribution in [0.4, 0.5) is 0 Å². The smallest absolute Gasteiger partial charge is 0.331 e. The van der Waals surface area contributed by atoms with Crippen molar-refractivity contribution in [3.63, 3.8) is 0 Å². The van der Waals surface area contributed by atoms with Gasteiger partial charge in [-0.15, -0.1) is 0 Å². The number of hydrogen-bond acceptors (Lipinski definition) is 4. The Hall–Kier alpha value is -2.10. The third kappa shape index (κ3) is 6.68. The Balaban J connectivity index is 2.71. The lowest BCUT2D eigenvalue weighted by Crippen LogP contribution is -2.33. The van der Waals surface area contributed by atoms with Crippen LogP contribution < -0.4 is 0 Å². The monoisotopic (exact) mass is 318 g/mol. The van der Waals surface area contributed by atoms with Crippen LogP contribution in [0, 0.1) is 5.92 Å². The molecule has 4 heteroatoms. The molecule has 0 amide bonds. The van der Waals surface area contributed by atoms with Gasteiger partial charge in [0.2, 0.25) is 0 Å². The second-order valence-electron chi connectivity index (χ2n) is 5.27. The second-order valence-corrected chi connectivity index (χ2v) is 5.27. The van der Waals surface area contributed by atoms with Crippen LogP contribution in [-0.4, -0.2) is 24.6 Å². The lowest BCUT2D eigenvalue weighted by atomic mass is 9.96. The van der Waals surface area contributed by atoms with Gasteiger partial charge in [0.25, 0.3) is 0 Å². The summed E-state index contributed by atoms with van der Waals surface area (Å²) < 4.78 is 10.6. The van der Waals surface area contributed by atoms with Crippen LogP contribution in [0.15, 0.2) is 36.4 Å². The number of carbonyl (C=O) groups is 2. The van der Waals surface area contributed by atoms with Crippen molar-refractivity contribution < 1.29 is 19.1 Å². The highest BCUT2D eigenvalue weighted by Crippen LogP contribution is 2.20. The molecule has 2 atom stereocenters. The van der Waals surface area contributed by atoms with Gasteiger partial charge in [0.1, 0.15) is 6.10 Å². The first-order chi connectivity index (χ1) is 11.1. The summed E-state index contributed by atoms with van der Waals surface area (Å²) in [7, 11) is 0. The fraction of sp³-hybridized carbons (Fsp3) is 0.474. The summed E-state index contributed by atoms with van der Waals surface area (Å²) in [4.78, 5) is 24.1. The molecule has 4 nitrogen and oxygen atoms in total. The van der Waals surface area contributed by atoms with E-state index in [9.17, 15) is 9.59 Å². The summed E-state index contributed by atoms with van der Waals surface area (Å²) >= 11 is 0. The minimum absolute atomic E-state index is 0.298. The first-order valence-electron chi connectivity index (χ1n) is 8.22. The van der Waals surface area contributed by atoms with Crippen molar-refractivity contribution in [1.29, 1.82) is 0 Å². The summed E-state index contributed by atoms with van der Waals surface area (Å²) in [5.41, 5.74) is 0.925. The average Bonchev–Trinajstić information content (AvgIpc) is 2.55. The molecule has 0 radical (unpaired) electrons. The molecular weight excluding hydrogens is 292 g/mol. The predicted octanol–water partition coefficient (Wildman–Crippen LogP) is 4.00. The first-order valence-corrected chi connectivity index (χ1v) is 8.22. The molecule has 0 saturated carbocycles. The van der Waals surface area contributed by atoms with Crippen molar-refractivity contribution >= 4 is 18.0 Å². The maximum Gasteiger partial charge on any atom is 0.331 e. The predicted molar refractivity (Wildman–Crippen MR) is 90.7 cm³/mol. The molecule has 0 aliphatic rings. The fourth-order valence-electron chi connectivity index (χ4n) is 2.37. The molecule has 0 aromatic heterocycles. The number of esters is 2. The zero-order chi connectivity index (χ0) is 17.1. The highest BCUT2D eigenvalue weighted by atomic mass is 16.6. The molecule has 0 aliphatic heterocycles. The Morgan fingerprint density at radius 3 is 2.39 bits per heavy atom. The van der Waals surface area contributed by atoms with Gasteiger partial charge in [-0.3, -0.25) is 4.79 Å². The quantitative estimate of drug-likeness (QED) is 0.510. The number of benzene rings is 1. The van der Waals surface area contributed by atoms with Crippen molar-refractivity contribution in [3.8, 4) is 0 Å². The number of hydrogen-bond donors (Lipinski definition) is 0. The summed E-state index contributed by atoms with van der Waals surface area (Å²) in [5, 5.41) is 0. The van der Waals surface area contributed by atoms with Gasteiger partial charge in [0.05, 0.1) is 12.5 Å². The van der Waals surface area contributed by atoms with E-state index in [4.69, 9.17) is 9.47 Å². The normalized spacial score (nSPS) is 13.5. The van der Waals surface area contributed by atoms with Crippen LogP contribution in [0.3, 0.4) is 0 Å². The average molecular weight is 318 g/mol. The molecule has 2 unspecified atom stereocenters. The van der Waals surface area contributed by atoms with E-state index in [0.717, 1.165) is 12.0 Å². The topological polar surface area (TPSA) is 52.6 Å². The Morgan fingerprint density at radius 1 is 1.13 bits per heavy atom. The molecule has 0 fully saturated rings. The lowest BCUT2D eigenvalue weighted by Gasteiger charge is -2.24. The van der Waals surface area contributed by atoms with Gasteiger partial charge in [0, 0.05) is 6.08 Å². The van der Waals surface area contributed by atoms with E-state index in [1.807, 2.05) is 44.2 Å². The van der Waals surface area contributed by atoms with E-state index in [-0.39, 0.29) is 5.97 Å². The van der Waals surface area contributed by atoms with Gasteiger partial charge < -0.3 is 9.47 Å². The molecular formula is C19H26O4. The standard InChI is InChI=1S/C19H26O4/c1-4-10-17(16(5-2)19(21)22-6-3)23-18(20)14-13-15-11-8-7-9-12-15/h7-9,11-14,16-17H,4-6,10H2,1-3H3/b14-13+. The maximum absolute atomic E-state index is 12.0. The van der Waals surface area contributed by atoms with Crippen LogP contribution in [0.25, 0.3) is 6.08 Å². The largest absolute Gasteiger partial charge is 0.466 e. The molecule has 1 aromatic rings. The highest BCUT2D eigenvalue weighted by molar-refractivity contribution is 5.87. The Labute approximate surface area is 138 Å². The maximum atomic E-state index is 12.0. The summed E-state index contributed by atoms with van der Waals surface area (Å²) in [5.74, 6) is -1.15. The van der Waals surface area contributed by atoms with Crippen molar-refractivity contribution in [2.75, 3.05) is 6.61 Å². The molecule has 0 N–H and O–H groups in total. The van der Waals surface area contributed by atoms with Crippen LogP contribution in [0.2, 0.25) is 0 Å². The molecule has 1 rings (SSSR count). The van der Waals surface area contributed by atoms with Crippen molar-refractivity contribution in [3.05, 3.63) is 42.0 Å². The van der Waals surface area contributed by atoms with Gasteiger partial charge in [-0.25, -0.2) is 4.79 Å². The molecule has 0 aliphatic carbocycles. The van der Waals surface area contributed by atoms with Crippen molar-refractivity contribution in [2.45, 2.75) is 46.1 Å². The molecule has 1 aromatic carbocycles. The lowest BCUT2D eigenvalue weighted by molar-refractivity contribution is -0.159. The fourth-order valence-corrected chi connectivity index (χ4v) is 2.37. The molecule has 0 saturated heterocycles. The number of carbonyl (C=O) groups excluding carboxylic acids is 2. The highest BCUT2D eigenvalue weighted by Gasteiger charge is 2.30. The SMILES string of the molecule is CCCC(OC(=O)/C=C/c1ccccc1)C(CC)C(=O)OCC. The summed E-state index contributed by atoms with van der Waals surface area (Å²) in [6, 6.07) is 9.52.